The maximum absolute atomic E-state index is 3.82. The van der Waals surface area contributed by atoms with Gasteiger partial charge in [0, 0.05) is 12.6 Å². The van der Waals surface area contributed by atoms with Crippen molar-refractivity contribution in [3.63, 3.8) is 0 Å². The van der Waals surface area contributed by atoms with Gasteiger partial charge < -0.3 is 10.2 Å². The molecule has 1 saturated carbocycles. The summed E-state index contributed by atoms with van der Waals surface area (Å²) >= 11 is 0. The molecule has 106 valence electrons. The van der Waals surface area contributed by atoms with Crippen molar-refractivity contribution in [1.82, 2.24) is 10.2 Å². The summed E-state index contributed by atoms with van der Waals surface area (Å²) in [5.74, 6) is 0.811. The van der Waals surface area contributed by atoms with E-state index in [4.69, 9.17) is 0 Å². The Kier molecular flexibility index (Phi) is 6.50. The maximum Gasteiger partial charge on any atom is 0.00671 e. The van der Waals surface area contributed by atoms with Gasteiger partial charge in [-0.3, -0.25) is 0 Å². The summed E-state index contributed by atoms with van der Waals surface area (Å²) in [4.78, 5) is 2.67. The standard InChI is InChI=1S/C16H32N2/c1-15(14-18-11-7-4-8-12-18)13-17-16-9-5-2-3-6-10-16/h15-17H,2-14H2,1H3. The van der Waals surface area contributed by atoms with E-state index >= 15 is 0 Å². The molecule has 2 heteroatoms. The number of hydrogen-bond acceptors (Lipinski definition) is 2. The van der Waals surface area contributed by atoms with Crippen LogP contribution in [0.1, 0.15) is 64.7 Å². The Morgan fingerprint density at radius 3 is 2.22 bits per heavy atom. The molecule has 1 unspecified atom stereocenters. The van der Waals surface area contributed by atoms with Gasteiger partial charge in [-0.05, 0) is 51.2 Å². The second-order valence-electron chi connectivity index (χ2n) is 6.56. The Hall–Kier alpha value is -0.0800. The van der Waals surface area contributed by atoms with Crippen LogP contribution in [0.4, 0.5) is 0 Å². The summed E-state index contributed by atoms with van der Waals surface area (Å²) in [5.41, 5.74) is 0. The molecule has 0 aromatic heterocycles. The number of hydrogen-bond donors (Lipinski definition) is 1. The predicted molar refractivity (Wildman–Crippen MR) is 78.9 cm³/mol. The van der Waals surface area contributed by atoms with Crippen molar-refractivity contribution in [3.8, 4) is 0 Å². The first kappa shape index (κ1) is 14.3. The van der Waals surface area contributed by atoms with Gasteiger partial charge in [0.1, 0.15) is 0 Å². The van der Waals surface area contributed by atoms with Crippen molar-refractivity contribution in [2.45, 2.75) is 70.8 Å². The topological polar surface area (TPSA) is 15.3 Å². The fourth-order valence-electron chi connectivity index (χ4n) is 3.50. The van der Waals surface area contributed by atoms with Crippen LogP contribution in [0.5, 0.6) is 0 Å². The number of nitrogens with one attached hydrogen (secondary N) is 1. The molecule has 0 spiro atoms. The summed E-state index contributed by atoms with van der Waals surface area (Å²) in [7, 11) is 0. The summed E-state index contributed by atoms with van der Waals surface area (Å²) in [6.07, 6.45) is 12.9. The zero-order valence-corrected chi connectivity index (χ0v) is 12.3. The van der Waals surface area contributed by atoms with E-state index in [2.05, 4.69) is 17.1 Å². The predicted octanol–water partition coefficient (Wildman–Crippen LogP) is 3.42. The quantitative estimate of drug-likeness (QED) is 0.754. The van der Waals surface area contributed by atoms with Gasteiger partial charge in [-0.2, -0.15) is 0 Å². The lowest BCUT2D eigenvalue weighted by molar-refractivity contribution is 0.196. The third kappa shape index (κ3) is 5.27. The smallest absolute Gasteiger partial charge is 0.00671 e. The Labute approximate surface area is 114 Å². The largest absolute Gasteiger partial charge is 0.314 e. The molecule has 0 radical (unpaired) electrons. The van der Waals surface area contributed by atoms with Crippen molar-refractivity contribution in [2.75, 3.05) is 26.2 Å². The molecule has 1 atom stereocenters. The Bertz CT molecular complexity index is 203. The molecule has 1 aliphatic carbocycles. The summed E-state index contributed by atoms with van der Waals surface area (Å²) in [5, 5.41) is 3.82. The summed E-state index contributed by atoms with van der Waals surface area (Å²) < 4.78 is 0. The molecule has 0 aromatic rings. The second kappa shape index (κ2) is 8.16. The molecule has 2 rings (SSSR count). The van der Waals surface area contributed by atoms with Crippen LogP contribution in [0.25, 0.3) is 0 Å². The van der Waals surface area contributed by atoms with Crippen molar-refractivity contribution in [3.05, 3.63) is 0 Å². The van der Waals surface area contributed by atoms with E-state index in [1.54, 1.807) is 0 Å². The maximum atomic E-state index is 3.82. The van der Waals surface area contributed by atoms with E-state index in [1.807, 2.05) is 0 Å². The molecule has 0 aromatic carbocycles. The summed E-state index contributed by atoms with van der Waals surface area (Å²) in [6.45, 7) is 7.63. The van der Waals surface area contributed by atoms with Crippen LogP contribution in [0.3, 0.4) is 0 Å². The van der Waals surface area contributed by atoms with E-state index < -0.39 is 0 Å². The molecule has 1 saturated heterocycles. The fraction of sp³-hybridized carbons (Fsp3) is 1.00. The highest BCUT2D eigenvalue weighted by molar-refractivity contribution is 4.74. The van der Waals surface area contributed by atoms with Crippen LogP contribution >= 0.6 is 0 Å². The highest BCUT2D eigenvalue weighted by Gasteiger charge is 2.15. The average molecular weight is 252 g/mol. The minimum atomic E-state index is 0.811. The van der Waals surface area contributed by atoms with Crippen LogP contribution in [0, 0.1) is 5.92 Å². The Balaban J connectivity index is 1.59. The first-order valence-corrected chi connectivity index (χ1v) is 8.30. The molecule has 2 aliphatic rings. The van der Waals surface area contributed by atoms with Gasteiger partial charge >= 0.3 is 0 Å². The fourth-order valence-corrected chi connectivity index (χ4v) is 3.50. The van der Waals surface area contributed by atoms with Crippen LogP contribution < -0.4 is 5.32 Å². The van der Waals surface area contributed by atoms with E-state index in [-0.39, 0.29) is 0 Å². The van der Waals surface area contributed by atoms with Crippen LogP contribution in [0.2, 0.25) is 0 Å². The van der Waals surface area contributed by atoms with Crippen molar-refractivity contribution < 1.29 is 0 Å². The van der Waals surface area contributed by atoms with Gasteiger partial charge in [-0.1, -0.05) is 39.0 Å². The lowest BCUT2D eigenvalue weighted by Crippen LogP contribution is -2.39. The monoisotopic (exact) mass is 252 g/mol. The van der Waals surface area contributed by atoms with Crippen molar-refractivity contribution in [1.29, 1.82) is 0 Å². The summed E-state index contributed by atoms with van der Waals surface area (Å²) in [6, 6.07) is 0.816. The number of nitrogens with zero attached hydrogens (tertiary/aromatic N) is 1. The highest BCUT2D eigenvalue weighted by Crippen LogP contribution is 2.17. The first-order chi connectivity index (χ1) is 8.84. The molecule has 2 nitrogen and oxygen atoms in total. The highest BCUT2D eigenvalue weighted by atomic mass is 15.1. The molecule has 1 aliphatic heterocycles. The first-order valence-electron chi connectivity index (χ1n) is 8.30. The number of likely N-dealkylation sites (tertiary alicyclic amines) is 1. The Morgan fingerprint density at radius 2 is 1.56 bits per heavy atom. The van der Waals surface area contributed by atoms with E-state index in [1.165, 1.54) is 84.0 Å². The average Bonchev–Trinajstić information content (AvgIpc) is 2.66. The van der Waals surface area contributed by atoms with Gasteiger partial charge in [0.2, 0.25) is 0 Å². The second-order valence-corrected chi connectivity index (χ2v) is 6.56. The molecule has 0 amide bonds. The lowest BCUT2D eigenvalue weighted by Gasteiger charge is -2.30. The normalized spacial score (nSPS) is 25.8. The molecule has 1 heterocycles. The molecule has 1 N–H and O–H groups in total. The minimum absolute atomic E-state index is 0.811. The lowest BCUT2D eigenvalue weighted by atomic mass is 10.1. The third-order valence-corrected chi connectivity index (χ3v) is 4.63. The van der Waals surface area contributed by atoms with Crippen molar-refractivity contribution in [2.24, 2.45) is 5.92 Å². The van der Waals surface area contributed by atoms with Gasteiger partial charge in [-0.15, -0.1) is 0 Å². The van der Waals surface area contributed by atoms with Gasteiger partial charge in [0.25, 0.3) is 0 Å². The van der Waals surface area contributed by atoms with Gasteiger partial charge in [-0.25, -0.2) is 0 Å². The molecular formula is C16H32N2. The minimum Gasteiger partial charge on any atom is -0.314 e. The Morgan fingerprint density at radius 1 is 0.944 bits per heavy atom. The van der Waals surface area contributed by atoms with Gasteiger partial charge in [0.15, 0.2) is 0 Å². The van der Waals surface area contributed by atoms with E-state index in [0.29, 0.717) is 0 Å². The van der Waals surface area contributed by atoms with Crippen molar-refractivity contribution >= 4 is 0 Å². The molecule has 18 heavy (non-hydrogen) atoms. The molecular weight excluding hydrogens is 220 g/mol. The van der Waals surface area contributed by atoms with Gasteiger partial charge in [0.05, 0.1) is 0 Å². The zero-order valence-electron chi connectivity index (χ0n) is 12.3. The number of rotatable bonds is 5. The van der Waals surface area contributed by atoms with E-state index in [0.717, 1.165) is 12.0 Å². The molecule has 0 bridgehead atoms. The van der Waals surface area contributed by atoms with Crippen LogP contribution in [0.15, 0.2) is 0 Å². The number of piperidine rings is 1. The van der Waals surface area contributed by atoms with Crippen LogP contribution in [-0.2, 0) is 0 Å². The third-order valence-electron chi connectivity index (χ3n) is 4.63. The van der Waals surface area contributed by atoms with E-state index in [9.17, 15) is 0 Å². The van der Waals surface area contributed by atoms with Crippen LogP contribution in [-0.4, -0.2) is 37.1 Å². The zero-order chi connectivity index (χ0) is 12.6. The SMILES string of the molecule is CC(CNC1CCCCCC1)CN1CCCCC1. The molecule has 2 fully saturated rings.